The molecule has 1 aromatic heterocycles. The van der Waals surface area contributed by atoms with Crippen LogP contribution in [0.15, 0.2) is 10.5 Å². The number of nitriles is 1. The van der Waals surface area contributed by atoms with E-state index >= 15 is 0 Å². The first-order valence-corrected chi connectivity index (χ1v) is 4.47. The molecule has 1 rings (SSSR count). The molecule has 0 aliphatic heterocycles. The number of hydrogen-bond donors (Lipinski definition) is 1. The first-order valence-electron chi connectivity index (χ1n) is 3.67. The molecular weight excluding hydrogens is 256 g/mol. The first kappa shape index (κ1) is 11.0. The minimum atomic E-state index is -2.69. The number of pyridine rings is 1. The van der Waals surface area contributed by atoms with Gasteiger partial charge in [0, 0.05) is 16.6 Å². The predicted octanol–water partition coefficient (Wildman–Crippen LogP) is 2.11. The number of rotatable bonds is 2. The second kappa shape index (κ2) is 4.44. The van der Waals surface area contributed by atoms with E-state index < -0.39 is 12.1 Å². The van der Waals surface area contributed by atoms with E-state index in [1.54, 1.807) is 6.07 Å². The summed E-state index contributed by atoms with van der Waals surface area (Å²) in [6, 6.07) is 2.90. The average Bonchev–Trinajstić information content (AvgIpc) is 2.16. The van der Waals surface area contributed by atoms with Crippen LogP contribution in [-0.2, 0) is 6.54 Å². The molecule has 0 amide bonds. The van der Waals surface area contributed by atoms with Crippen molar-refractivity contribution in [3.63, 3.8) is 0 Å². The van der Waals surface area contributed by atoms with Gasteiger partial charge < -0.3 is 5.73 Å². The van der Waals surface area contributed by atoms with Crippen LogP contribution < -0.4 is 5.73 Å². The lowest BCUT2D eigenvalue weighted by atomic mass is 10.2. The van der Waals surface area contributed by atoms with E-state index in [2.05, 4.69) is 20.9 Å². The summed E-state index contributed by atoms with van der Waals surface area (Å²) in [5, 5.41) is 8.65. The normalized spacial score (nSPS) is 10.3. The summed E-state index contributed by atoms with van der Waals surface area (Å²) in [6.07, 6.45) is -2.69. The topological polar surface area (TPSA) is 62.7 Å². The lowest BCUT2D eigenvalue weighted by Crippen LogP contribution is -2.05. The Morgan fingerprint density at radius 3 is 2.71 bits per heavy atom. The third-order valence-corrected chi connectivity index (χ3v) is 2.33. The summed E-state index contributed by atoms with van der Waals surface area (Å²) in [4.78, 5) is 3.50. The molecule has 0 atom stereocenters. The summed E-state index contributed by atoms with van der Waals surface area (Å²) in [7, 11) is 0. The molecule has 3 nitrogen and oxygen atoms in total. The van der Waals surface area contributed by atoms with Gasteiger partial charge in [0.25, 0.3) is 6.43 Å². The molecule has 0 bridgehead atoms. The number of halogens is 3. The summed E-state index contributed by atoms with van der Waals surface area (Å²) in [5.74, 6) is 0. The fourth-order valence-corrected chi connectivity index (χ4v) is 1.54. The molecule has 2 N–H and O–H groups in total. The second-order valence-electron chi connectivity index (χ2n) is 2.47. The van der Waals surface area contributed by atoms with E-state index in [4.69, 9.17) is 11.0 Å². The van der Waals surface area contributed by atoms with E-state index in [0.717, 1.165) is 0 Å². The molecule has 0 fully saturated rings. The molecule has 0 aliphatic carbocycles. The molecular formula is C8H6BrF2N3. The zero-order chi connectivity index (χ0) is 10.7. The highest BCUT2D eigenvalue weighted by atomic mass is 79.9. The Labute approximate surface area is 87.7 Å². The molecule has 0 saturated carbocycles. The van der Waals surface area contributed by atoms with E-state index in [9.17, 15) is 8.78 Å². The molecule has 0 unspecified atom stereocenters. The van der Waals surface area contributed by atoms with Crippen molar-refractivity contribution in [1.29, 1.82) is 5.26 Å². The minimum Gasteiger partial charge on any atom is -0.326 e. The SMILES string of the molecule is N#Cc1nc(C(F)F)cc(Br)c1CN. The Balaban J connectivity index is 3.33. The molecule has 0 aromatic carbocycles. The largest absolute Gasteiger partial charge is 0.326 e. The van der Waals surface area contributed by atoms with Crippen LogP contribution in [0, 0.1) is 11.3 Å². The number of hydrogen-bond acceptors (Lipinski definition) is 3. The van der Waals surface area contributed by atoms with Crippen LogP contribution >= 0.6 is 15.9 Å². The number of aromatic nitrogens is 1. The maximum atomic E-state index is 12.3. The van der Waals surface area contributed by atoms with Crippen molar-refractivity contribution in [1.82, 2.24) is 4.98 Å². The number of nitrogens with two attached hydrogens (primary N) is 1. The maximum absolute atomic E-state index is 12.3. The van der Waals surface area contributed by atoms with Gasteiger partial charge in [-0.15, -0.1) is 0 Å². The highest BCUT2D eigenvalue weighted by Crippen LogP contribution is 2.25. The van der Waals surface area contributed by atoms with Gasteiger partial charge in [-0.05, 0) is 6.07 Å². The van der Waals surface area contributed by atoms with Gasteiger partial charge in [0.05, 0.1) is 0 Å². The standard InChI is InChI=1S/C8H6BrF2N3/c9-5-1-6(8(10)11)14-7(3-13)4(5)2-12/h1,8H,2,12H2. The van der Waals surface area contributed by atoms with Gasteiger partial charge in [-0.25, -0.2) is 13.8 Å². The van der Waals surface area contributed by atoms with Gasteiger partial charge >= 0.3 is 0 Å². The second-order valence-corrected chi connectivity index (χ2v) is 3.33. The third-order valence-electron chi connectivity index (χ3n) is 1.62. The Morgan fingerprint density at radius 2 is 2.29 bits per heavy atom. The highest BCUT2D eigenvalue weighted by Gasteiger charge is 2.15. The van der Waals surface area contributed by atoms with Crippen molar-refractivity contribution in [2.24, 2.45) is 5.73 Å². The lowest BCUT2D eigenvalue weighted by molar-refractivity contribution is 0.146. The van der Waals surface area contributed by atoms with Crippen LogP contribution in [0.1, 0.15) is 23.4 Å². The molecule has 6 heteroatoms. The van der Waals surface area contributed by atoms with E-state index in [1.807, 2.05) is 0 Å². The Bertz CT molecular complexity index is 387. The summed E-state index contributed by atoms with van der Waals surface area (Å²) < 4.78 is 24.9. The fraction of sp³-hybridized carbons (Fsp3) is 0.250. The van der Waals surface area contributed by atoms with Crippen molar-refractivity contribution < 1.29 is 8.78 Å². The smallest absolute Gasteiger partial charge is 0.280 e. The zero-order valence-corrected chi connectivity index (χ0v) is 8.55. The molecule has 0 radical (unpaired) electrons. The van der Waals surface area contributed by atoms with Gasteiger partial charge in [-0.3, -0.25) is 0 Å². The van der Waals surface area contributed by atoms with Gasteiger partial charge in [0.1, 0.15) is 17.5 Å². The predicted molar refractivity (Wildman–Crippen MR) is 49.5 cm³/mol. The third kappa shape index (κ3) is 2.05. The Kier molecular flexibility index (Phi) is 3.49. The van der Waals surface area contributed by atoms with Gasteiger partial charge in [0.2, 0.25) is 0 Å². The lowest BCUT2D eigenvalue weighted by Gasteiger charge is -2.06. The van der Waals surface area contributed by atoms with Crippen molar-refractivity contribution in [3.8, 4) is 6.07 Å². The average molecular weight is 262 g/mol. The van der Waals surface area contributed by atoms with Gasteiger partial charge in [-0.2, -0.15) is 5.26 Å². The number of nitrogens with zero attached hydrogens (tertiary/aromatic N) is 2. The van der Waals surface area contributed by atoms with E-state index in [1.165, 1.54) is 6.07 Å². The van der Waals surface area contributed by atoms with Crippen molar-refractivity contribution in [2.45, 2.75) is 13.0 Å². The fourth-order valence-electron chi connectivity index (χ4n) is 0.957. The Morgan fingerprint density at radius 1 is 1.64 bits per heavy atom. The van der Waals surface area contributed by atoms with Crippen molar-refractivity contribution >= 4 is 15.9 Å². The van der Waals surface area contributed by atoms with Crippen LogP contribution in [0.4, 0.5) is 8.78 Å². The van der Waals surface area contributed by atoms with Gasteiger partial charge in [0.15, 0.2) is 0 Å². The van der Waals surface area contributed by atoms with Crippen molar-refractivity contribution in [2.75, 3.05) is 0 Å². The summed E-state index contributed by atoms with van der Waals surface area (Å²) in [6.45, 7) is 0.0833. The van der Waals surface area contributed by atoms with Crippen molar-refractivity contribution in [3.05, 3.63) is 27.5 Å². The molecule has 74 valence electrons. The molecule has 0 spiro atoms. The highest BCUT2D eigenvalue weighted by molar-refractivity contribution is 9.10. The summed E-state index contributed by atoms with van der Waals surface area (Å²) >= 11 is 3.06. The molecule has 0 aliphatic rings. The first-order chi connectivity index (χ1) is 6.60. The van der Waals surface area contributed by atoms with Crippen LogP contribution in [-0.4, -0.2) is 4.98 Å². The van der Waals surface area contributed by atoms with E-state index in [-0.39, 0.29) is 12.2 Å². The van der Waals surface area contributed by atoms with Crippen LogP contribution in [0.25, 0.3) is 0 Å². The molecule has 1 heterocycles. The Hall–Kier alpha value is -1.06. The zero-order valence-electron chi connectivity index (χ0n) is 6.97. The van der Waals surface area contributed by atoms with Crippen LogP contribution in [0.3, 0.4) is 0 Å². The molecule has 14 heavy (non-hydrogen) atoms. The van der Waals surface area contributed by atoms with E-state index in [0.29, 0.717) is 10.0 Å². The molecule has 0 saturated heterocycles. The van der Waals surface area contributed by atoms with Gasteiger partial charge in [-0.1, -0.05) is 15.9 Å². The maximum Gasteiger partial charge on any atom is 0.280 e. The van der Waals surface area contributed by atoms with Crippen LogP contribution in [0.2, 0.25) is 0 Å². The quantitative estimate of drug-likeness (QED) is 0.887. The minimum absolute atomic E-state index is 0.0582. The summed E-state index contributed by atoms with van der Waals surface area (Å²) in [5.41, 5.74) is 5.30. The monoisotopic (exact) mass is 261 g/mol. The van der Waals surface area contributed by atoms with Crippen LogP contribution in [0.5, 0.6) is 0 Å². The number of alkyl halides is 2. The molecule has 1 aromatic rings.